The van der Waals surface area contributed by atoms with Crippen LogP contribution >= 0.6 is 0 Å². The lowest BCUT2D eigenvalue weighted by Crippen LogP contribution is -2.54. The number of amides is 1. The molecule has 0 radical (unpaired) electrons. The Morgan fingerprint density at radius 3 is 2.65 bits per heavy atom. The SMILES string of the molecule is O=C(O)CN1C(=O)C(N[C@@H](CCCCN2CCNCC2)C(=O)O)COc2ccccc21. The molecular weight excluding hydrogens is 404 g/mol. The topological polar surface area (TPSA) is 131 Å². The summed E-state index contributed by atoms with van der Waals surface area (Å²) >= 11 is 0. The molecule has 1 amide bonds. The highest BCUT2D eigenvalue weighted by Gasteiger charge is 2.35. The highest BCUT2D eigenvalue weighted by Crippen LogP contribution is 2.31. The summed E-state index contributed by atoms with van der Waals surface area (Å²) in [4.78, 5) is 39.7. The number of carboxylic acid groups (broad SMARTS) is 2. The van der Waals surface area contributed by atoms with E-state index in [1.54, 1.807) is 24.3 Å². The molecule has 31 heavy (non-hydrogen) atoms. The summed E-state index contributed by atoms with van der Waals surface area (Å²) in [5.74, 6) is -2.32. The van der Waals surface area contributed by atoms with E-state index in [0.717, 1.165) is 44.0 Å². The van der Waals surface area contributed by atoms with Crippen molar-refractivity contribution in [2.75, 3.05) is 50.8 Å². The molecule has 0 spiro atoms. The van der Waals surface area contributed by atoms with Crippen LogP contribution in [0.4, 0.5) is 5.69 Å². The number of ether oxygens (including phenoxy) is 1. The Balaban J connectivity index is 1.60. The first-order valence-corrected chi connectivity index (χ1v) is 10.6. The Kier molecular flexibility index (Phi) is 8.21. The molecular formula is C21H30N4O6. The van der Waals surface area contributed by atoms with Crippen molar-refractivity contribution in [2.45, 2.75) is 31.3 Å². The number of para-hydroxylation sites is 2. The highest BCUT2D eigenvalue weighted by molar-refractivity contribution is 6.02. The fourth-order valence-electron chi connectivity index (χ4n) is 3.91. The number of carbonyl (C=O) groups is 3. The van der Waals surface area contributed by atoms with Crippen molar-refractivity contribution in [1.82, 2.24) is 15.5 Å². The molecule has 2 atom stereocenters. The Hall–Kier alpha value is -2.69. The Morgan fingerprint density at radius 1 is 1.19 bits per heavy atom. The normalized spacial score (nSPS) is 20.5. The van der Waals surface area contributed by atoms with Gasteiger partial charge in [0.05, 0.1) is 5.69 Å². The number of unbranched alkanes of at least 4 members (excludes halogenated alkanes) is 1. The van der Waals surface area contributed by atoms with Crippen LogP contribution in [0.1, 0.15) is 19.3 Å². The Morgan fingerprint density at radius 2 is 1.94 bits per heavy atom. The minimum Gasteiger partial charge on any atom is -0.489 e. The first-order chi connectivity index (χ1) is 15.0. The fourth-order valence-corrected chi connectivity index (χ4v) is 3.91. The van der Waals surface area contributed by atoms with Crippen molar-refractivity contribution in [3.05, 3.63) is 24.3 Å². The second kappa shape index (κ2) is 11.1. The van der Waals surface area contributed by atoms with Crippen LogP contribution in [0, 0.1) is 0 Å². The van der Waals surface area contributed by atoms with E-state index in [9.17, 15) is 24.6 Å². The molecule has 0 aliphatic carbocycles. The number of rotatable bonds is 10. The molecule has 4 N–H and O–H groups in total. The number of nitrogens with zero attached hydrogens (tertiary/aromatic N) is 2. The molecule has 2 heterocycles. The number of hydrogen-bond donors (Lipinski definition) is 4. The summed E-state index contributed by atoms with van der Waals surface area (Å²) in [5.41, 5.74) is 0.363. The molecule has 1 fully saturated rings. The number of carboxylic acids is 2. The van der Waals surface area contributed by atoms with Crippen molar-refractivity contribution >= 4 is 23.5 Å². The van der Waals surface area contributed by atoms with Crippen LogP contribution in [0.15, 0.2) is 24.3 Å². The lowest BCUT2D eigenvalue weighted by Gasteiger charge is -2.27. The highest BCUT2D eigenvalue weighted by atomic mass is 16.5. The molecule has 1 saturated heterocycles. The first kappa shape index (κ1) is 23.0. The van der Waals surface area contributed by atoms with Gasteiger partial charge in [0.1, 0.15) is 31.0 Å². The molecule has 0 bridgehead atoms. The fraction of sp³-hybridized carbons (Fsp3) is 0.571. The van der Waals surface area contributed by atoms with Gasteiger partial charge < -0.3 is 25.2 Å². The van der Waals surface area contributed by atoms with Crippen LogP contribution < -0.4 is 20.3 Å². The van der Waals surface area contributed by atoms with Crippen molar-refractivity contribution in [2.24, 2.45) is 0 Å². The zero-order chi connectivity index (χ0) is 22.2. The predicted octanol–water partition coefficient (Wildman–Crippen LogP) is -0.0165. The molecule has 1 aromatic carbocycles. The van der Waals surface area contributed by atoms with E-state index >= 15 is 0 Å². The third-order valence-corrected chi connectivity index (χ3v) is 5.55. The standard InChI is InChI=1S/C21H30N4O6/c26-19(27)13-25-17-6-1-2-7-18(17)31-14-16(20(25)28)23-15(21(29)30)5-3-4-10-24-11-8-22-9-12-24/h1-2,6-7,15-16,22-23H,3-5,8-14H2,(H,26,27)(H,29,30)/t15-,16?/m0/s1. The van der Waals surface area contributed by atoms with Crippen molar-refractivity contribution in [1.29, 1.82) is 0 Å². The summed E-state index contributed by atoms with van der Waals surface area (Å²) in [6.45, 7) is 4.25. The summed E-state index contributed by atoms with van der Waals surface area (Å²) in [6.07, 6.45) is 1.95. The number of anilines is 1. The van der Waals surface area contributed by atoms with Gasteiger partial charge in [0.15, 0.2) is 0 Å². The largest absolute Gasteiger partial charge is 0.489 e. The monoisotopic (exact) mass is 434 g/mol. The molecule has 1 unspecified atom stereocenters. The number of carbonyl (C=O) groups excluding carboxylic acids is 1. The van der Waals surface area contributed by atoms with Gasteiger partial charge in [-0.25, -0.2) is 0 Å². The maximum Gasteiger partial charge on any atom is 0.323 e. The third-order valence-electron chi connectivity index (χ3n) is 5.55. The lowest BCUT2D eigenvalue weighted by molar-refractivity contribution is -0.141. The number of fused-ring (bicyclic) bond motifs is 1. The number of piperazine rings is 1. The Bertz CT molecular complexity index is 783. The molecule has 3 rings (SSSR count). The van der Waals surface area contributed by atoms with Crippen LogP contribution in [0.5, 0.6) is 5.75 Å². The van der Waals surface area contributed by atoms with Gasteiger partial charge in [0, 0.05) is 26.2 Å². The van der Waals surface area contributed by atoms with Gasteiger partial charge in [-0.3, -0.25) is 24.6 Å². The number of hydrogen-bond acceptors (Lipinski definition) is 7. The smallest absolute Gasteiger partial charge is 0.323 e. The molecule has 170 valence electrons. The van der Waals surface area contributed by atoms with Gasteiger partial charge in [-0.1, -0.05) is 18.6 Å². The first-order valence-electron chi connectivity index (χ1n) is 10.6. The maximum absolute atomic E-state index is 13.1. The van der Waals surface area contributed by atoms with E-state index in [0.29, 0.717) is 24.3 Å². The van der Waals surface area contributed by atoms with Crippen LogP contribution in [-0.2, 0) is 14.4 Å². The van der Waals surface area contributed by atoms with Gasteiger partial charge in [0.2, 0.25) is 5.91 Å². The van der Waals surface area contributed by atoms with Crippen LogP contribution in [0.25, 0.3) is 0 Å². The second-order valence-electron chi connectivity index (χ2n) is 7.79. The van der Waals surface area contributed by atoms with Crippen LogP contribution in [0.3, 0.4) is 0 Å². The molecule has 10 nitrogen and oxygen atoms in total. The number of nitrogens with one attached hydrogen (secondary N) is 2. The van der Waals surface area contributed by atoms with E-state index in [1.165, 1.54) is 0 Å². The van der Waals surface area contributed by atoms with Crippen LogP contribution in [-0.4, -0.2) is 90.9 Å². The van der Waals surface area contributed by atoms with E-state index < -0.39 is 36.5 Å². The van der Waals surface area contributed by atoms with Gasteiger partial charge >= 0.3 is 11.9 Å². The quantitative estimate of drug-likeness (QED) is 0.375. The van der Waals surface area contributed by atoms with Gasteiger partial charge in [-0.2, -0.15) is 0 Å². The average molecular weight is 434 g/mol. The second-order valence-corrected chi connectivity index (χ2v) is 7.79. The number of aliphatic carboxylic acids is 2. The van der Waals surface area contributed by atoms with Crippen molar-refractivity contribution in [3.63, 3.8) is 0 Å². The predicted molar refractivity (Wildman–Crippen MR) is 113 cm³/mol. The van der Waals surface area contributed by atoms with E-state index in [1.807, 2.05) is 0 Å². The minimum atomic E-state index is -1.16. The zero-order valence-corrected chi connectivity index (χ0v) is 17.5. The lowest BCUT2D eigenvalue weighted by atomic mass is 10.1. The average Bonchev–Trinajstić information content (AvgIpc) is 2.88. The third kappa shape index (κ3) is 6.39. The minimum absolute atomic E-state index is 0.0729. The van der Waals surface area contributed by atoms with E-state index in [-0.39, 0.29) is 6.61 Å². The molecule has 2 aliphatic rings. The maximum atomic E-state index is 13.1. The van der Waals surface area contributed by atoms with Gasteiger partial charge in [-0.05, 0) is 31.5 Å². The molecule has 2 aliphatic heterocycles. The molecule has 0 aromatic heterocycles. The van der Waals surface area contributed by atoms with Crippen molar-refractivity contribution < 1.29 is 29.3 Å². The van der Waals surface area contributed by atoms with E-state index in [4.69, 9.17) is 4.74 Å². The van der Waals surface area contributed by atoms with Gasteiger partial charge in [-0.15, -0.1) is 0 Å². The zero-order valence-electron chi connectivity index (χ0n) is 17.5. The molecule has 1 aromatic rings. The van der Waals surface area contributed by atoms with E-state index in [2.05, 4.69) is 15.5 Å². The molecule has 0 saturated carbocycles. The molecule has 10 heteroatoms. The van der Waals surface area contributed by atoms with Gasteiger partial charge in [0.25, 0.3) is 0 Å². The Labute approximate surface area is 181 Å². The van der Waals surface area contributed by atoms with Crippen LogP contribution in [0.2, 0.25) is 0 Å². The summed E-state index contributed by atoms with van der Waals surface area (Å²) in [6, 6.07) is 4.81. The summed E-state index contributed by atoms with van der Waals surface area (Å²) in [5, 5.41) is 25.1. The summed E-state index contributed by atoms with van der Waals surface area (Å²) in [7, 11) is 0. The number of benzene rings is 1. The van der Waals surface area contributed by atoms with Crippen molar-refractivity contribution in [3.8, 4) is 5.75 Å². The summed E-state index contributed by atoms with van der Waals surface area (Å²) < 4.78 is 5.71.